The van der Waals surface area contributed by atoms with E-state index in [9.17, 15) is 4.79 Å². The zero-order valence-corrected chi connectivity index (χ0v) is 10.8. The Morgan fingerprint density at radius 3 is 2.50 bits per heavy atom. The number of carboxylic acid groups (broad SMARTS) is 1. The standard InChI is InChI=1S/C10H13BrO2S/c1-5(10(12)13)4-8-6(2)9(11)7(3)14-8/h5H,4H2,1-3H3,(H,12,13). The monoisotopic (exact) mass is 276 g/mol. The van der Waals surface area contributed by atoms with Gasteiger partial charge in [-0.15, -0.1) is 11.3 Å². The average molecular weight is 277 g/mol. The largest absolute Gasteiger partial charge is 0.481 e. The van der Waals surface area contributed by atoms with Crippen molar-refractivity contribution in [3.8, 4) is 0 Å². The number of halogens is 1. The molecule has 0 aliphatic heterocycles. The lowest BCUT2D eigenvalue weighted by Gasteiger charge is -2.04. The molecule has 1 rings (SSSR count). The number of rotatable bonds is 3. The van der Waals surface area contributed by atoms with Crippen LogP contribution in [0.4, 0.5) is 0 Å². The van der Waals surface area contributed by atoms with E-state index in [1.807, 2.05) is 13.8 Å². The molecule has 0 amide bonds. The molecular formula is C10H13BrO2S. The third-order valence-corrected chi connectivity index (χ3v) is 4.93. The van der Waals surface area contributed by atoms with E-state index < -0.39 is 5.97 Å². The van der Waals surface area contributed by atoms with E-state index in [4.69, 9.17) is 5.11 Å². The highest BCUT2D eigenvalue weighted by Crippen LogP contribution is 2.33. The summed E-state index contributed by atoms with van der Waals surface area (Å²) in [5.41, 5.74) is 1.18. The van der Waals surface area contributed by atoms with Gasteiger partial charge < -0.3 is 5.11 Å². The Morgan fingerprint density at radius 2 is 2.14 bits per heavy atom. The zero-order valence-electron chi connectivity index (χ0n) is 8.43. The van der Waals surface area contributed by atoms with Crippen molar-refractivity contribution in [3.63, 3.8) is 0 Å². The van der Waals surface area contributed by atoms with Crippen molar-refractivity contribution in [2.75, 3.05) is 0 Å². The van der Waals surface area contributed by atoms with Crippen LogP contribution in [-0.2, 0) is 11.2 Å². The molecule has 0 saturated carbocycles. The number of aryl methyl sites for hydroxylation is 1. The van der Waals surface area contributed by atoms with Gasteiger partial charge >= 0.3 is 5.97 Å². The fourth-order valence-electron chi connectivity index (χ4n) is 1.25. The summed E-state index contributed by atoms with van der Waals surface area (Å²) in [5, 5.41) is 8.80. The summed E-state index contributed by atoms with van der Waals surface area (Å²) >= 11 is 5.17. The Kier molecular flexibility index (Phi) is 3.72. The first-order chi connectivity index (χ1) is 6.43. The van der Waals surface area contributed by atoms with Gasteiger partial charge in [-0.1, -0.05) is 6.92 Å². The van der Waals surface area contributed by atoms with Gasteiger partial charge in [0.2, 0.25) is 0 Å². The third-order valence-electron chi connectivity index (χ3n) is 2.25. The molecule has 2 nitrogen and oxygen atoms in total. The molecule has 0 aliphatic carbocycles. The minimum Gasteiger partial charge on any atom is -0.481 e. The molecular weight excluding hydrogens is 264 g/mol. The van der Waals surface area contributed by atoms with Crippen LogP contribution in [0, 0.1) is 19.8 Å². The van der Waals surface area contributed by atoms with Crippen LogP contribution in [0.5, 0.6) is 0 Å². The normalized spacial score (nSPS) is 12.9. The summed E-state index contributed by atoms with van der Waals surface area (Å²) in [6, 6.07) is 0. The maximum Gasteiger partial charge on any atom is 0.306 e. The number of carbonyl (C=O) groups is 1. The van der Waals surface area contributed by atoms with Crippen LogP contribution in [-0.4, -0.2) is 11.1 Å². The van der Waals surface area contributed by atoms with Gasteiger partial charge in [-0.3, -0.25) is 4.79 Å². The molecule has 1 aromatic rings. The van der Waals surface area contributed by atoms with Crippen molar-refractivity contribution in [1.29, 1.82) is 0 Å². The number of aliphatic carboxylic acids is 1. The zero-order chi connectivity index (χ0) is 10.9. The number of thiophene rings is 1. The van der Waals surface area contributed by atoms with Crippen molar-refractivity contribution in [2.45, 2.75) is 27.2 Å². The topological polar surface area (TPSA) is 37.3 Å². The van der Waals surface area contributed by atoms with Gasteiger partial charge in [0.1, 0.15) is 0 Å². The highest BCUT2D eigenvalue weighted by Gasteiger charge is 2.16. The molecule has 4 heteroatoms. The Bertz CT molecular complexity index is 357. The van der Waals surface area contributed by atoms with Gasteiger partial charge in [0.25, 0.3) is 0 Å². The molecule has 1 unspecified atom stereocenters. The van der Waals surface area contributed by atoms with Crippen LogP contribution >= 0.6 is 27.3 Å². The number of hydrogen-bond donors (Lipinski definition) is 1. The molecule has 0 aromatic carbocycles. The van der Waals surface area contributed by atoms with E-state index in [2.05, 4.69) is 15.9 Å². The summed E-state index contributed by atoms with van der Waals surface area (Å²) in [6.45, 7) is 5.80. The Labute approximate surface area is 96.1 Å². The van der Waals surface area contributed by atoms with Crippen LogP contribution < -0.4 is 0 Å². The second-order valence-corrected chi connectivity index (χ2v) is 5.57. The van der Waals surface area contributed by atoms with E-state index >= 15 is 0 Å². The Balaban J connectivity index is 2.87. The van der Waals surface area contributed by atoms with Gasteiger partial charge in [-0.05, 0) is 41.8 Å². The summed E-state index contributed by atoms with van der Waals surface area (Å²) in [6.07, 6.45) is 0.623. The van der Waals surface area contributed by atoms with E-state index in [0.29, 0.717) is 6.42 Å². The molecule has 0 radical (unpaired) electrons. The molecule has 1 atom stereocenters. The summed E-state index contributed by atoms with van der Waals surface area (Å²) in [7, 11) is 0. The first-order valence-electron chi connectivity index (χ1n) is 4.40. The van der Waals surface area contributed by atoms with E-state index in [0.717, 1.165) is 4.47 Å². The molecule has 1 N–H and O–H groups in total. The lowest BCUT2D eigenvalue weighted by molar-refractivity contribution is -0.141. The van der Waals surface area contributed by atoms with E-state index in [-0.39, 0.29) is 5.92 Å². The van der Waals surface area contributed by atoms with Crippen LogP contribution in [0.25, 0.3) is 0 Å². The van der Waals surface area contributed by atoms with Crippen molar-refractivity contribution in [3.05, 3.63) is 19.8 Å². The van der Waals surface area contributed by atoms with Gasteiger partial charge in [0.05, 0.1) is 5.92 Å². The van der Waals surface area contributed by atoms with Crippen LogP contribution in [0.2, 0.25) is 0 Å². The first kappa shape index (κ1) is 11.7. The van der Waals surface area contributed by atoms with Crippen LogP contribution in [0.1, 0.15) is 22.2 Å². The van der Waals surface area contributed by atoms with Crippen molar-refractivity contribution < 1.29 is 9.90 Å². The van der Waals surface area contributed by atoms with Crippen LogP contribution in [0.3, 0.4) is 0 Å². The maximum atomic E-state index is 10.7. The summed E-state index contributed by atoms with van der Waals surface area (Å²) in [5.74, 6) is -1.04. The summed E-state index contributed by atoms with van der Waals surface area (Å²) < 4.78 is 1.12. The summed E-state index contributed by atoms with van der Waals surface area (Å²) in [4.78, 5) is 13.1. The maximum absolute atomic E-state index is 10.7. The minimum absolute atomic E-state index is 0.307. The third kappa shape index (κ3) is 2.36. The Morgan fingerprint density at radius 1 is 1.57 bits per heavy atom. The molecule has 0 bridgehead atoms. The van der Waals surface area contributed by atoms with Crippen molar-refractivity contribution in [1.82, 2.24) is 0 Å². The molecule has 0 saturated heterocycles. The highest BCUT2D eigenvalue weighted by atomic mass is 79.9. The molecule has 0 aliphatic rings. The SMILES string of the molecule is Cc1sc(CC(C)C(=O)O)c(C)c1Br. The van der Waals surface area contributed by atoms with Gasteiger partial charge in [0, 0.05) is 14.2 Å². The number of carboxylic acids is 1. The predicted octanol–water partition coefficient (Wildman–Crippen LogP) is 3.39. The van der Waals surface area contributed by atoms with E-state index in [1.165, 1.54) is 15.3 Å². The fourth-order valence-corrected chi connectivity index (χ4v) is 3.07. The lowest BCUT2D eigenvalue weighted by atomic mass is 10.1. The highest BCUT2D eigenvalue weighted by molar-refractivity contribution is 9.10. The average Bonchev–Trinajstić information content (AvgIpc) is 2.33. The predicted molar refractivity (Wildman–Crippen MR) is 62.0 cm³/mol. The van der Waals surface area contributed by atoms with Gasteiger partial charge in [-0.25, -0.2) is 0 Å². The van der Waals surface area contributed by atoms with E-state index in [1.54, 1.807) is 18.3 Å². The molecule has 0 fully saturated rings. The molecule has 1 aromatic heterocycles. The second-order valence-electron chi connectivity index (χ2n) is 3.46. The second kappa shape index (κ2) is 4.45. The van der Waals surface area contributed by atoms with Gasteiger partial charge in [-0.2, -0.15) is 0 Å². The quantitative estimate of drug-likeness (QED) is 0.919. The smallest absolute Gasteiger partial charge is 0.306 e. The number of hydrogen-bond acceptors (Lipinski definition) is 2. The Hall–Kier alpha value is -0.350. The molecule has 1 heterocycles. The lowest BCUT2D eigenvalue weighted by Crippen LogP contribution is -2.11. The molecule has 0 spiro atoms. The van der Waals surface area contributed by atoms with Gasteiger partial charge in [0.15, 0.2) is 0 Å². The molecule has 14 heavy (non-hydrogen) atoms. The molecule has 78 valence electrons. The fraction of sp³-hybridized carbons (Fsp3) is 0.500. The van der Waals surface area contributed by atoms with Crippen LogP contribution in [0.15, 0.2) is 4.47 Å². The van der Waals surface area contributed by atoms with Crippen molar-refractivity contribution in [2.24, 2.45) is 5.92 Å². The first-order valence-corrected chi connectivity index (χ1v) is 6.01. The minimum atomic E-state index is -0.730. The van der Waals surface area contributed by atoms with Crippen molar-refractivity contribution >= 4 is 33.2 Å².